The average Bonchev–Trinajstić information content (AvgIpc) is 3.32. The van der Waals surface area contributed by atoms with Crippen molar-refractivity contribution >= 4 is 11.9 Å². The number of carboxylic acid groups (broad SMARTS) is 1. The van der Waals surface area contributed by atoms with Gasteiger partial charge in [0.1, 0.15) is 5.76 Å². The van der Waals surface area contributed by atoms with Gasteiger partial charge in [0.05, 0.1) is 12.8 Å². The van der Waals surface area contributed by atoms with Gasteiger partial charge in [0, 0.05) is 31.0 Å². The Hall–Kier alpha value is -2.81. The Morgan fingerprint density at radius 1 is 1.17 bits per heavy atom. The summed E-state index contributed by atoms with van der Waals surface area (Å²) in [5.74, 6) is -1.26. The lowest BCUT2D eigenvalue weighted by Gasteiger charge is -2.42. The standard InChI is InChI=1S/C19H22N2O2.C2HF3O2/c22-18-13-17(15-5-2-1-3-6-15)19(20-18)8-10-21(11-9-19)14-16-7-4-12-23-16;3-2(4,5)1(6)7/h1-7,12,17H,8-11,13-14H2,(H,20,22);(H,6,7). The van der Waals surface area contributed by atoms with Crippen LogP contribution in [0.1, 0.15) is 36.5 Å². The van der Waals surface area contributed by atoms with Crippen LogP contribution in [0.25, 0.3) is 0 Å². The van der Waals surface area contributed by atoms with E-state index < -0.39 is 12.1 Å². The molecule has 162 valence electrons. The van der Waals surface area contributed by atoms with Gasteiger partial charge in [0.2, 0.25) is 5.91 Å². The molecule has 2 aliphatic rings. The lowest BCUT2D eigenvalue weighted by molar-refractivity contribution is -0.192. The Kier molecular flexibility index (Phi) is 6.50. The van der Waals surface area contributed by atoms with Gasteiger partial charge in [0.15, 0.2) is 0 Å². The van der Waals surface area contributed by atoms with E-state index in [1.165, 1.54) is 5.56 Å². The molecule has 2 fully saturated rings. The molecule has 30 heavy (non-hydrogen) atoms. The molecule has 0 bridgehead atoms. The molecule has 0 saturated carbocycles. The van der Waals surface area contributed by atoms with Crippen molar-refractivity contribution in [3.05, 3.63) is 60.1 Å². The molecule has 1 aromatic heterocycles. The van der Waals surface area contributed by atoms with Crippen molar-refractivity contribution in [1.29, 1.82) is 0 Å². The number of furan rings is 1. The summed E-state index contributed by atoms with van der Waals surface area (Å²) in [6, 6.07) is 14.4. The fourth-order valence-corrected chi connectivity index (χ4v) is 4.13. The molecule has 1 atom stereocenters. The number of amides is 1. The number of halogens is 3. The van der Waals surface area contributed by atoms with E-state index in [0.29, 0.717) is 12.3 Å². The molecule has 0 radical (unpaired) electrons. The van der Waals surface area contributed by atoms with E-state index in [9.17, 15) is 18.0 Å². The molecule has 1 unspecified atom stereocenters. The van der Waals surface area contributed by atoms with Crippen molar-refractivity contribution in [3.63, 3.8) is 0 Å². The van der Waals surface area contributed by atoms with Crippen LogP contribution in [-0.4, -0.2) is 46.7 Å². The number of hydrogen-bond acceptors (Lipinski definition) is 4. The third-order valence-electron chi connectivity index (χ3n) is 5.60. The van der Waals surface area contributed by atoms with Gasteiger partial charge >= 0.3 is 12.1 Å². The number of nitrogens with one attached hydrogen (secondary N) is 1. The highest BCUT2D eigenvalue weighted by Crippen LogP contribution is 2.43. The Bertz CT molecular complexity index is 845. The van der Waals surface area contributed by atoms with Gasteiger partial charge in [-0.2, -0.15) is 13.2 Å². The summed E-state index contributed by atoms with van der Waals surface area (Å²) in [6.45, 7) is 2.83. The maximum Gasteiger partial charge on any atom is 0.490 e. The van der Waals surface area contributed by atoms with Gasteiger partial charge in [-0.1, -0.05) is 30.3 Å². The maximum atomic E-state index is 12.1. The zero-order valence-corrected chi connectivity index (χ0v) is 16.2. The van der Waals surface area contributed by atoms with Gasteiger partial charge in [-0.25, -0.2) is 4.79 Å². The van der Waals surface area contributed by atoms with Crippen molar-refractivity contribution in [2.45, 2.75) is 43.4 Å². The van der Waals surface area contributed by atoms with Crippen LogP contribution in [0, 0.1) is 0 Å². The Labute approximate surface area is 171 Å². The molecule has 2 aliphatic heterocycles. The minimum absolute atomic E-state index is 0.0713. The molecule has 2 N–H and O–H groups in total. The summed E-state index contributed by atoms with van der Waals surface area (Å²) < 4.78 is 37.2. The summed E-state index contributed by atoms with van der Waals surface area (Å²) >= 11 is 0. The largest absolute Gasteiger partial charge is 0.490 e. The van der Waals surface area contributed by atoms with Crippen LogP contribution in [0.3, 0.4) is 0 Å². The lowest BCUT2D eigenvalue weighted by Crippen LogP contribution is -2.53. The van der Waals surface area contributed by atoms with Crippen LogP contribution in [0.4, 0.5) is 13.2 Å². The summed E-state index contributed by atoms with van der Waals surface area (Å²) in [5, 5.41) is 10.4. The smallest absolute Gasteiger partial charge is 0.475 e. The fraction of sp³-hybridized carbons (Fsp3) is 0.429. The van der Waals surface area contributed by atoms with E-state index in [2.05, 4.69) is 34.5 Å². The summed E-state index contributed by atoms with van der Waals surface area (Å²) in [7, 11) is 0. The molecule has 0 aliphatic carbocycles. The quantitative estimate of drug-likeness (QED) is 0.788. The van der Waals surface area contributed by atoms with Crippen LogP contribution in [0.2, 0.25) is 0 Å². The van der Waals surface area contributed by atoms with Crippen LogP contribution >= 0.6 is 0 Å². The second-order valence-corrected chi connectivity index (χ2v) is 7.53. The number of carbonyl (C=O) groups excluding carboxylic acids is 1. The number of piperidine rings is 1. The van der Waals surface area contributed by atoms with Crippen LogP contribution < -0.4 is 5.32 Å². The second kappa shape index (κ2) is 8.91. The van der Waals surface area contributed by atoms with Gasteiger partial charge in [-0.15, -0.1) is 0 Å². The predicted octanol–water partition coefficient (Wildman–Crippen LogP) is 3.55. The van der Waals surface area contributed by atoms with E-state index in [-0.39, 0.29) is 11.4 Å². The van der Waals surface area contributed by atoms with E-state index >= 15 is 0 Å². The zero-order valence-electron chi connectivity index (χ0n) is 16.2. The van der Waals surface area contributed by atoms with Crippen LogP contribution in [-0.2, 0) is 16.1 Å². The van der Waals surface area contributed by atoms with E-state index in [0.717, 1.165) is 38.2 Å². The number of carboxylic acids is 1. The minimum Gasteiger partial charge on any atom is -0.475 e. The highest BCUT2D eigenvalue weighted by atomic mass is 19.4. The molecule has 3 heterocycles. The lowest BCUT2D eigenvalue weighted by atomic mass is 9.74. The molecule has 4 rings (SSSR count). The topological polar surface area (TPSA) is 82.8 Å². The van der Waals surface area contributed by atoms with Gasteiger partial charge in [-0.05, 0) is 30.5 Å². The first-order chi connectivity index (χ1) is 14.2. The van der Waals surface area contributed by atoms with Crippen molar-refractivity contribution < 1.29 is 32.3 Å². The monoisotopic (exact) mass is 424 g/mol. The second-order valence-electron chi connectivity index (χ2n) is 7.53. The average molecular weight is 424 g/mol. The maximum absolute atomic E-state index is 12.1. The van der Waals surface area contributed by atoms with E-state index in [1.54, 1.807) is 6.26 Å². The molecule has 9 heteroatoms. The predicted molar refractivity (Wildman–Crippen MR) is 102 cm³/mol. The summed E-state index contributed by atoms with van der Waals surface area (Å²) in [5.41, 5.74) is 1.21. The highest BCUT2D eigenvalue weighted by molar-refractivity contribution is 5.81. The highest BCUT2D eigenvalue weighted by Gasteiger charge is 2.48. The molecular weight excluding hydrogens is 401 g/mol. The Morgan fingerprint density at radius 2 is 1.80 bits per heavy atom. The van der Waals surface area contributed by atoms with Crippen LogP contribution in [0.15, 0.2) is 53.1 Å². The number of alkyl halides is 3. The van der Waals surface area contributed by atoms with Crippen molar-refractivity contribution in [2.75, 3.05) is 13.1 Å². The van der Waals surface area contributed by atoms with E-state index in [4.69, 9.17) is 14.3 Å². The first-order valence-electron chi connectivity index (χ1n) is 9.60. The summed E-state index contributed by atoms with van der Waals surface area (Å²) in [4.78, 5) is 23.4. The molecule has 1 amide bonds. The number of carbonyl (C=O) groups is 2. The number of nitrogens with zero attached hydrogens (tertiary/aromatic N) is 1. The van der Waals surface area contributed by atoms with Crippen molar-refractivity contribution in [1.82, 2.24) is 10.2 Å². The number of aliphatic carboxylic acids is 1. The number of hydrogen-bond donors (Lipinski definition) is 2. The third-order valence-corrected chi connectivity index (χ3v) is 5.60. The normalized spacial score (nSPS) is 21.0. The van der Waals surface area contributed by atoms with Gasteiger partial charge in [-0.3, -0.25) is 9.69 Å². The van der Waals surface area contributed by atoms with Crippen molar-refractivity contribution in [2.24, 2.45) is 0 Å². The molecular formula is C21H23F3N2O4. The Morgan fingerprint density at radius 3 is 2.33 bits per heavy atom. The van der Waals surface area contributed by atoms with Crippen LogP contribution in [0.5, 0.6) is 0 Å². The Balaban J connectivity index is 0.000000318. The first-order valence-corrected chi connectivity index (χ1v) is 9.60. The number of benzene rings is 1. The van der Waals surface area contributed by atoms with Crippen molar-refractivity contribution in [3.8, 4) is 0 Å². The fourth-order valence-electron chi connectivity index (χ4n) is 4.13. The molecule has 1 spiro atoms. The first kappa shape index (κ1) is 21.9. The molecule has 6 nitrogen and oxygen atoms in total. The molecule has 2 saturated heterocycles. The van der Waals surface area contributed by atoms with Gasteiger partial charge in [0.25, 0.3) is 0 Å². The third kappa shape index (κ3) is 5.21. The molecule has 1 aromatic carbocycles. The number of likely N-dealkylation sites (tertiary alicyclic amines) is 1. The van der Waals surface area contributed by atoms with E-state index in [1.807, 2.05) is 18.2 Å². The zero-order chi connectivity index (χ0) is 21.8. The summed E-state index contributed by atoms with van der Waals surface area (Å²) in [6.07, 6.45) is -0.746. The number of rotatable bonds is 3. The minimum atomic E-state index is -5.08. The van der Waals surface area contributed by atoms with Gasteiger partial charge < -0.3 is 14.8 Å². The SMILES string of the molecule is O=C(O)C(F)(F)F.O=C1CC(c2ccccc2)C2(CCN(Cc3ccco3)CC2)N1. The molecule has 2 aromatic rings.